The molecule has 28 heavy (non-hydrogen) atoms. The molecule has 0 heterocycles. The number of unbranched alkanes of at least 4 members (excludes halogenated alkanes) is 2. The van der Waals surface area contributed by atoms with Gasteiger partial charge in [-0.15, -0.1) is 0 Å². The van der Waals surface area contributed by atoms with Gasteiger partial charge in [-0.05, 0) is 24.1 Å². The Kier molecular flexibility index (Phi) is 8.19. The third-order valence-corrected chi connectivity index (χ3v) is 5.76. The molecule has 0 saturated heterocycles. The maximum Gasteiger partial charge on any atom is 0.251 e. The highest BCUT2D eigenvalue weighted by molar-refractivity contribution is 7.92. The lowest BCUT2D eigenvalue weighted by molar-refractivity contribution is -0.125. The van der Waals surface area contributed by atoms with Gasteiger partial charge in [0.05, 0.1) is 5.75 Å². The fourth-order valence-corrected chi connectivity index (χ4v) is 4.00. The molecular weight excluding hydrogens is 376 g/mol. The lowest BCUT2D eigenvalue weighted by Crippen LogP contribution is -2.40. The number of benzene rings is 2. The van der Waals surface area contributed by atoms with Gasteiger partial charge in [0, 0.05) is 5.69 Å². The fourth-order valence-electron chi connectivity index (χ4n) is 2.73. The van der Waals surface area contributed by atoms with Gasteiger partial charge in [0.25, 0.3) is 5.91 Å². The van der Waals surface area contributed by atoms with Crippen molar-refractivity contribution in [3.63, 3.8) is 0 Å². The number of amides is 2. The highest BCUT2D eigenvalue weighted by Crippen LogP contribution is 2.16. The van der Waals surface area contributed by atoms with Gasteiger partial charge < -0.3 is 10.6 Å². The number of nitrogens with one attached hydrogen (secondary N) is 2. The molecule has 0 bridgehead atoms. The number of hydrogen-bond donors (Lipinski definition) is 2. The van der Waals surface area contributed by atoms with Crippen molar-refractivity contribution in [2.75, 3.05) is 16.8 Å². The van der Waals surface area contributed by atoms with Crippen molar-refractivity contribution in [2.24, 2.45) is 0 Å². The number of carbonyl (C=O) groups is 2. The van der Waals surface area contributed by atoms with Crippen molar-refractivity contribution in [3.05, 3.63) is 66.2 Å². The van der Waals surface area contributed by atoms with Crippen molar-refractivity contribution in [3.8, 4) is 0 Å². The Labute approximate surface area is 166 Å². The number of hydrogen-bond acceptors (Lipinski definition) is 4. The van der Waals surface area contributed by atoms with E-state index in [1.807, 2.05) is 13.0 Å². The Hall–Kier alpha value is -2.67. The zero-order valence-corrected chi connectivity index (χ0v) is 16.7. The maximum absolute atomic E-state index is 12.7. The molecule has 0 saturated carbocycles. The molecule has 7 heteroatoms. The second-order valence-corrected chi connectivity index (χ2v) is 8.75. The van der Waals surface area contributed by atoms with E-state index in [1.165, 1.54) is 0 Å². The van der Waals surface area contributed by atoms with Crippen molar-refractivity contribution in [2.45, 2.75) is 32.2 Å². The van der Waals surface area contributed by atoms with Gasteiger partial charge in [0.2, 0.25) is 5.91 Å². The largest absolute Gasteiger partial charge is 0.340 e. The SMILES string of the molecule is CCCCCS(=O)(=O)CC(=O)NC(C(=O)Nc1ccccc1)c1ccccc1. The molecule has 2 rings (SSSR count). The second kappa shape index (κ2) is 10.6. The second-order valence-electron chi connectivity index (χ2n) is 6.57. The molecule has 150 valence electrons. The van der Waals surface area contributed by atoms with Crippen molar-refractivity contribution in [1.82, 2.24) is 5.32 Å². The summed E-state index contributed by atoms with van der Waals surface area (Å²) in [5.41, 5.74) is 1.17. The first-order valence-corrected chi connectivity index (χ1v) is 11.1. The molecule has 1 atom stereocenters. The molecule has 0 spiro atoms. The number of carbonyl (C=O) groups excluding carboxylic acids is 2. The summed E-state index contributed by atoms with van der Waals surface area (Å²) in [6.45, 7) is 1.98. The summed E-state index contributed by atoms with van der Waals surface area (Å²) in [6, 6.07) is 16.6. The molecule has 0 aliphatic heterocycles. The van der Waals surface area contributed by atoms with E-state index in [9.17, 15) is 18.0 Å². The summed E-state index contributed by atoms with van der Waals surface area (Å²) < 4.78 is 24.3. The van der Waals surface area contributed by atoms with E-state index in [0.29, 0.717) is 17.7 Å². The predicted molar refractivity (Wildman–Crippen MR) is 111 cm³/mol. The van der Waals surface area contributed by atoms with E-state index < -0.39 is 33.4 Å². The number of rotatable bonds is 10. The van der Waals surface area contributed by atoms with Crippen LogP contribution in [0.2, 0.25) is 0 Å². The normalized spacial score (nSPS) is 12.2. The van der Waals surface area contributed by atoms with Crippen LogP contribution in [0.25, 0.3) is 0 Å². The van der Waals surface area contributed by atoms with E-state index in [1.54, 1.807) is 54.6 Å². The quantitative estimate of drug-likeness (QED) is 0.597. The molecule has 0 radical (unpaired) electrons. The van der Waals surface area contributed by atoms with Crippen molar-refractivity contribution < 1.29 is 18.0 Å². The smallest absolute Gasteiger partial charge is 0.251 e. The maximum atomic E-state index is 12.7. The minimum absolute atomic E-state index is 0.0273. The summed E-state index contributed by atoms with van der Waals surface area (Å²) in [5.74, 6) is -1.78. The average Bonchev–Trinajstić information content (AvgIpc) is 2.67. The minimum atomic E-state index is -3.51. The van der Waals surface area contributed by atoms with Crippen LogP contribution in [0.3, 0.4) is 0 Å². The zero-order valence-electron chi connectivity index (χ0n) is 15.9. The average molecular weight is 403 g/mol. The Bertz CT molecular complexity index is 868. The van der Waals surface area contributed by atoms with Crippen LogP contribution in [0.4, 0.5) is 5.69 Å². The van der Waals surface area contributed by atoms with E-state index in [4.69, 9.17) is 0 Å². The van der Waals surface area contributed by atoms with Crippen molar-refractivity contribution >= 4 is 27.3 Å². The van der Waals surface area contributed by atoms with Gasteiger partial charge in [-0.2, -0.15) is 0 Å². The van der Waals surface area contributed by atoms with Crippen LogP contribution in [0.1, 0.15) is 37.8 Å². The lowest BCUT2D eigenvalue weighted by atomic mass is 10.1. The molecule has 2 aromatic rings. The highest BCUT2D eigenvalue weighted by Gasteiger charge is 2.25. The topological polar surface area (TPSA) is 92.3 Å². The van der Waals surface area contributed by atoms with Crippen LogP contribution in [0.5, 0.6) is 0 Å². The standard InChI is InChI=1S/C21H26N2O4S/c1-2-3-10-15-28(26,27)16-19(24)23-20(17-11-6-4-7-12-17)21(25)22-18-13-8-5-9-14-18/h4-9,11-14,20H,2-3,10,15-16H2,1H3,(H,22,25)(H,23,24). The molecule has 0 aromatic heterocycles. The number of anilines is 1. The van der Waals surface area contributed by atoms with Crippen LogP contribution in [-0.2, 0) is 19.4 Å². The van der Waals surface area contributed by atoms with Crippen molar-refractivity contribution in [1.29, 1.82) is 0 Å². The van der Waals surface area contributed by atoms with E-state index in [2.05, 4.69) is 10.6 Å². The van der Waals surface area contributed by atoms with Crippen LogP contribution < -0.4 is 10.6 Å². The molecular formula is C21H26N2O4S. The molecule has 0 aliphatic rings. The number of sulfone groups is 1. The van der Waals surface area contributed by atoms with Gasteiger partial charge in [-0.3, -0.25) is 9.59 Å². The predicted octanol–water partition coefficient (Wildman–Crippen LogP) is 3.09. The molecule has 0 aliphatic carbocycles. The summed E-state index contributed by atoms with van der Waals surface area (Å²) in [6.07, 6.45) is 2.23. The fraction of sp³-hybridized carbons (Fsp3) is 0.333. The van der Waals surface area contributed by atoms with Crippen LogP contribution in [0, 0.1) is 0 Å². The van der Waals surface area contributed by atoms with Crippen LogP contribution in [0.15, 0.2) is 60.7 Å². The summed E-state index contributed by atoms with van der Waals surface area (Å²) in [4.78, 5) is 25.1. The summed E-state index contributed by atoms with van der Waals surface area (Å²) in [5, 5.41) is 5.32. The van der Waals surface area contributed by atoms with Gasteiger partial charge in [-0.25, -0.2) is 8.42 Å². The Balaban J connectivity index is 2.09. The lowest BCUT2D eigenvalue weighted by Gasteiger charge is -2.19. The van der Waals surface area contributed by atoms with Crippen LogP contribution >= 0.6 is 0 Å². The Morgan fingerprint density at radius 2 is 1.54 bits per heavy atom. The van der Waals surface area contributed by atoms with E-state index >= 15 is 0 Å². The number of para-hydroxylation sites is 1. The zero-order chi connectivity index (χ0) is 20.4. The monoisotopic (exact) mass is 402 g/mol. The van der Waals surface area contributed by atoms with Crippen LogP contribution in [-0.4, -0.2) is 31.7 Å². The third-order valence-electron chi connectivity index (χ3n) is 4.15. The first-order valence-electron chi connectivity index (χ1n) is 9.32. The third kappa shape index (κ3) is 7.15. The molecule has 1 unspecified atom stereocenters. The van der Waals surface area contributed by atoms with Gasteiger partial charge in [-0.1, -0.05) is 68.3 Å². The molecule has 2 amide bonds. The molecule has 6 nitrogen and oxygen atoms in total. The molecule has 2 N–H and O–H groups in total. The minimum Gasteiger partial charge on any atom is -0.340 e. The summed E-state index contributed by atoms with van der Waals surface area (Å²) >= 11 is 0. The highest BCUT2D eigenvalue weighted by atomic mass is 32.2. The molecule has 2 aromatic carbocycles. The van der Waals surface area contributed by atoms with E-state index in [-0.39, 0.29) is 5.75 Å². The first kappa shape index (κ1) is 21.6. The molecule has 0 fully saturated rings. The van der Waals surface area contributed by atoms with Gasteiger partial charge >= 0.3 is 0 Å². The van der Waals surface area contributed by atoms with Gasteiger partial charge in [0.1, 0.15) is 11.8 Å². The summed E-state index contributed by atoms with van der Waals surface area (Å²) in [7, 11) is -3.51. The first-order chi connectivity index (χ1) is 13.4. The van der Waals surface area contributed by atoms with E-state index in [0.717, 1.165) is 12.8 Å². The Morgan fingerprint density at radius 1 is 0.929 bits per heavy atom. The van der Waals surface area contributed by atoms with Gasteiger partial charge in [0.15, 0.2) is 9.84 Å². The Morgan fingerprint density at radius 3 is 2.14 bits per heavy atom.